The standard InChI is InChI=1S/C16H13N3O/c17-8-5-15-13-3-1-2-4-14(13)16(20)19(15)11-12-6-9-18-10-7-12/h1-4,6-7,9-10,15H,5,11H2. The third-order valence-corrected chi connectivity index (χ3v) is 3.57. The maximum absolute atomic E-state index is 12.5. The molecule has 0 saturated heterocycles. The molecule has 4 heteroatoms. The summed E-state index contributed by atoms with van der Waals surface area (Å²) in [7, 11) is 0. The van der Waals surface area contributed by atoms with Gasteiger partial charge in [-0.1, -0.05) is 18.2 Å². The summed E-state index contributed by atoms with van der Waals surface area (Å²) in [5, 5.41) is 9.02. The van der Waals surface area contributed by atoms with Crippen molar-refractivity contribution < 1.29 is 4.79 Å². The molecule has 4 nitrogen and oxygen atoms in total. The minimum absolute atomic E-state index is 0.00216. The Hall–Kier alpha value is -2.67. The van der Waals surface area contributed by atoms with E-state index in [0.717, 1.165) is 11.1 Å². The van der Waals surface area contributed by atoms with Gasteiger partial charge in [-0.3, -0.25) is 9.78 Å². The average molecular weight is 263 g/mol. The smallest absolute Gasteiger partial charge is 0.255 e. The second kappa shape index (κ2) is 5.14. The molecule has 0 saturated carbocycles. The quantitative estimate of drug-likeness (QED) is 0.855. The number of amides is 1. The highest BCUT2D eigenvalue weighted by Gasteiger charge is 2.35. The summed E-state index contributed by atoms with van der Waals surface area (Å²) in [5.41, 5.74) is 2.68. The van der Waals surface area contributed by atoms with Crippen LogP contribution in [0.5, 0.6) is 0 Å². The van der Waals surface area contributed by atoms with Crippen LogP contribution in [0.1, 0.15) is 33.9 Å². The van der Waals surface area contributed by atoms with Crippen LogP contribution in [0.25, 0.3) is 0 Å². The molecule has 1 aliphatic rings. The molecule has 1 aromatic carbocycles. The van der Waals surface area contributed by atoms with E-state index in [2.05, 4.69) is 11.1 Å². The molecule has 1 aromatic heterocycles. The van der Waals surface area contributed by atoms with E-state index in [1.165, 1.54) is 0 Å². The summed E-state index contributed by atoms with van der Waals surface area (Å²) >= 11 is 0. The molecule has 0 radical (unpaired) electrons. The summed E-state index contributed by atoms with van der Waals surface area (Å²) in [6.07, 6.45) is 3.73. The molecule has 1 atom stereocenters. The Labute approximate surface area is 117 Å². The Morgan fingerprint density at radius 2 is 1.95 bits per heavy atom. The molecule has 3 rings (SSSR count). The van der Waals surface area contributed by atoms with E-state index in [1.54, 1.807) is 17.3 Å². The Kier molecular flexibility index (Phi) is 3.18. The van der Waals surface area contributed by atoms with Gasteiger partial charge < -0.3 is 4.90 Å². The van der Waals surface area contributed by atoms with Crippen LogP contribution >= 0.6 is 0 Å². The fourth-order valence-corrected chi connectivity index (χ4v) is 2.62. The van der Waals surface area contributed by atoms with E-state index in [4.69, 9.17) is 5.26 Å². The maximum atomic E-state index is 12.5. The van der Waals surface area contributed by atoms with E-state index in [1.807, 2.05) is 36.4 Å². The first-order valence-corrected chi connectivity index (χ1v) is 6.47. The number of rotatable bonds is 3. The van der Waals surface area contributed by atoms with E-state index in [-0.39, 0.29) is 11.9 Å². The minimum Gasteiger partial charge on any atom is -0.326 e. The Bertz CT molecular complexity index is 676. The van der Waals surface area contributed by atoms with Gasteiger partial charge in [-0.2, -0.15) is 5.26 Å². The van der Waals surface area contributed by atoms with Crippen LogP contribution in [-0.4, -0.2) is 15.8 Å². The first-order valence-electron chi connectivity index (χ1n) is 6.47. The van der Waals surface area contributed by atoms with Crippen molar-refractivity contribution in [2.24, 2.45) is 0 Å². The normalized spacial score (nSPS) is 16.9. The first kappa shape index (κ1) is 12.4. The van der Waals surface area contributed by atoms with Gasteiger partial charge in [-0.25, -0.2) is 0 Å². The van der Waals surface area contributed by atoms with Crippen LogP contribution in [0.3, 0.4) is 0 Å². The van der Waals surface area contributed by atoms with Gasteiger partial charge in [-0.15, -0.1) is 0 Å². The van der Waals surface area contributed by atoms with Gasteiger partial charge in [0.15, 0.2) is 0 Å². The second-order valence-electron chi connectivity index (χ2n) is 4.75. The van der Waals surface area contributed by atoms with Crippen molar-refractivity contribution in [2.75, 3.05) is 0 Å². The molecule has 0 fully saturated rings. The third kappa shape index (κ3) is 2.04. The highest BCUT2D eigenvalue weighted by molar-refractivity contribution is 5.99. The largest absolute Gasteiger partial charge is 0.326 e. The van der Waals surface area contributed by atoms with Crippen molar-refractivity contribution in [3.63, 3.8) is 0 Å². The molecule has 0 spiro atoms. The predicted molar refractivity (Wildman–Crippen MR) is 73.5 cm³/mol. The first-order chi connectivity index (χ1) is 9.81. The van der Waals surface area contributed by atoms with E-state index >= 15 is 0 Å². The van der Waals surface area contributed by atoms with Crippen molar-refractivity contribution >= 4 is 5.91 Å². The van der Waals surface area contributed by atoms with Crippen LogP contribution in [0.2, 0.25) is 0 Å². The third-order valence-electron chi connectivity index (χ3n) is 3.57. The topological polar surface area (TPSA) is 57.0 Å². The summed E-state index contributed by atoms with van der Waals surface area (Å²) in [6, 6.07) is 13.3. The molecule has 2 aromatic rings. The number of hydrogen-bond acceptors (Lipinski definition) is 3. The van der Waals surface area contributed by atoms with E-state index in [0.29, 0.717) is 18.5 Å². The van der Waals surface area contributed by atoms with Crippen molar-refractivity contribution in [1.82, 2.24) is 9.88 Å². The van der Waals surface area contributed by atoms with Crippen molar-refractivity contribution in [3.8, 4) is 6.07 Å². The monoisotopic (exact) mass is 263 g/mol. The summed E-state index contributed by atoms with van der Waals surface area (Å²) in [5.74, 6) is -0.00216. The lowest BCUT2D eigenvalue weighted by molar-refractivity contribution is 0.0712. The summed E-state index contributed by atoms with van der Waals surface area (Å²) < 4.78 is 0. The molecule has 0 bridgehead atoms. The predicted octanol–water partition coefficient (Wildman–Crippen LogP) is 2.69. The Morgan fingerprint density at radius 3 is 2.70 bits per heavy atom. The molecular weight excluding hydrogens is 250 g/mol. The number of pyridine rings is 1. The SMILES string of the molecule is N#CCC1c2ccccc2C(=O)N1Cc1ccncc1. The van der Waals surface area contributed by atoms with Gasteiger partial charge in [-0.05, 0) is 29.3 Å². The molecule has 0 N–H and O–H groups in total. The molecule has 1 amide bonds. The average Bonchev–Trinajstić information content (AvgIpc) is 2.75. The van der Waals surface area contributed by atoms with Gasteiger partial charge in [0.25, 0.3) is 5.91 Å². The molecule has 1 aliphatic heterocycles. The van der Waals surface area contributed by atoms with Crippen LogP contribution in [0.15, 0.2) is 48.8 Å². The number of benzene rings is 1. The zero-order chi connectivity index (χ0) is 13.9. The molecular formula is C16H13N3O. The van der Waals surface area contributed by atoms with Crippen LogP contribution in [0.4, 0.5) is 0 Å². The van der Waals surface area contributed by atoms with Crippen molar-refractivity contribution in [2.45, 2.75) is 19.0 Å². The van der Waals surface area contributed by atoms with E-state index < -0.39 is 0 Å². The second-order valence-corrected chi connectivity index (χ2v) is 4.75. The number of hydrogen-bond donors (Lipinski definition) is 0. The van der Waals surface area contributed by atoms with Crippen LogP contribution in [-0.2, 0) is 6.54 Å². The van der Waals surface area contributed by atoms with Gasteiger partial charge in [0.1, 0.15) is 0 Å². The minimum atomic E-state index is -0.156. The number of fused-ring (bicyclic) bond motifs is 1. The molecule has 20 heavy (non-hydrogen) atoms. The lowest BCUT2D eigenvalue weighted by atomic mass is 10.0. The van der Waals surface area contributed by atoms with Gasteiger partial charge in [0.2, 0.25) is 0 Å². The number of nitriles is 1. The number of carbonyl (C=O) groups excluding carboxylic acids is 1. The van der Waals surface area contributed by atoms with Crippen LogP contribution < -0.4 is 0 Å². The number of nitrogens with zero attached hydrogens (tertiary/aromatic N) is 3. The zero-order valence-corrected chi connectivity index (χ0v) is 10.9. The molecule has 1 unspecified atom stereocenters. The lowest BCUT2D eigenvalue weighted by Crippen LogP contribution is -2.27. The molecule has 98 valence electrons. The van der Waals surface area contributed by atoms with Crippen molar-refractivity contribution in [1.29, 1.82) is 5.26 Å². The zero-order valence-electron chi connectivity index (χ0n) is 10.9. The molecule has 2 heterocycles. The van der Waals surface area contributed by atoms with Gasteiger partial charge in [0.05, 0.1) is 18.5 Å². The van der Waals surface area contributed by atoms with Gasteiger partial charge >= 0.3 is 0 Å². The van der Waals surface area contributed by atoms with Crippen molar-refractivity contribution in [3.05, 3.63) is 65.5 Å². The van der Waals surface area contributed by atoms with Crippen LogP contribution in [0, 0.1) is 11.3 Å². The van der Waals surface area contributed by atoms with E-state index in [9.17, 15) is 4.79 Å². The molecule has 0 aliphatic carbocycles. The Morgan fingerprint density at radius 1 is 1.20 bits per heavy atom. The lowest BCUT2D eigenvalue weighted by Gasteiger charge is -2.23. The number of aromatic nitrogens is 1. The van der Waals surface area contributed by atoms with Gasteiger partial charge in [0, 0.05) is 24.5 Å². The fourth-order valence-electron chi connectivity index (χ4n) is 2.62. The summed E-state index contributed by atoms with van der Waals surface area (Å²) in [6.45, 7) is 0.502. The highest BCUT2D eigenvalue weighted by atomic mass is 16.2. The number of carbonyl (C=O) groups is 1. The highest BCUT2D eigenvalue weighted by Crippen LogP contribution is 2.36. The fraction of sp³-hybridized carbons (Fsp3) is 0.188. The maximum Gasteiger partial charge on any atom is 0.255 e. The Balaban J connectivity index is 1.95. The summed E-state index contributed by atoms with van der Waals surface area (Å²) in [4.78, 5) is 18.2.